The lowest BCUT2D eigenvalue weighted by atomic mass is 9.76. The number of nitrogens with zero attached hydrogens (tertiary/aromatic N) is 1. The third-order valence-corrected chi connectivity index (χ3v) is 7.46. The molecule has 0 bridgehead atoms. The highest BCUT2D eigenvalue weighted by molar-refractivity contribution is 6.24. The maximum Gasteiger partial charge on any atom is 0.325 e. The van der Waals surface area contributed by atoms with Crippen molar-refractivity contribution in [2.45, 2.75) is 24.9 Å². The Balaban J connectivity index is 1.65. The number of ether oxygens (including phenoxy) is 1. The minimum atomic E-state index is -1.83. The summed E-state index contributed by atoms with van der Waals surface area (Å²) in [6.07, 6.45) is -0.106. The number of ketones is 1. The highest BCUT2D eigenvalue weighted by Gasteiger charge is 2.68. The first-order valence-electron chi connectivity index (χ1n) is 12.1. The van der Waals surface area contributed by atoms with Crippen LogP contribution in [0, 0.1) is 11.8 Å². The van der Waals surface area contributed by atoms with E-state index < -0.39 is 41.2 Å². The van der Waals surface area contributed by atoms with E-state index in [0.717, 1.165) is 4.90 Å². The van der Waals surface area contributed by atoms with Gasteiger partial charge in [0.2, 0.25) is 11.8 Å². The smallest absolute Gasteiger partial charge is 0.325 e. The van der Waals surface area contributed by atoms with E-state index in [1.54, 1.807) is 36.4 Å². The van der Waals surface area contributed by atoms with E-state index in [0.29, 0.717) is 22.4 Å². The number of nitrogens with one attached hydrogen (secondary N) is 1. The molecule has 3 aromatic rings. The van der Waals surface area contributed by atoms with Crippen LogP contribution in [0.4, 0.5) is 5.69 Å². The van der Waals surface area contributed by atoms with Gasteiger partial charge in [-0.2, -0.15) is 0 Å². The van der Waals surface area contributed by atoms with Gasteiger partial charge in [0.05, 0.1) is 24.6 Å². The van der Waals surface area contributed by atoms with Gasteiger partial charge in [0.1, 0.15) is 17.0 Å². The quantitative estimate of drug-likeness (QED) is 0.324. The fourth-order valence-electron chi connectivity index (χ4n) is 5.66. The summed E-state index contributed by atoms with van der Waals surface area (Å²) in [6.45, 7) is 1.42. The molecule has 4 unspecified atom stereocenters. The van der Waals surface area contributed by atoms with Gasteiger partial charge in [0.25, 0.3) is 0 Å². The highest BCUT2D eigenvalue weighted by Crippen LogP contribution is 2.52. The van der Waals surface area contributed by atoms with Crippen LogP contribution >= 0.6 is 0 Å². The molecule has 0 aromatic heterocycles. The lowest BCUT2D eigenvalue weighted by Gasteiger charge is -2.31. The summed E-state index contributed by atoms with van der Waals surface area (Å²) in [7, 11) is 1.48. The lowest BCUT2D eigenvalue weighted by Crippen LogP contribution is -2.57. The van der Waals surface area contributed by atoms with Gasteiger partial charge in [0.15, 0.2) is 5.78 Å². The topological polar surface area (TPSA) is 133 Å². The molecule has 3 N–H and O–H groups in total. The summed E-state index contributed by atoms with van der Waals surface area (Å²) >= 11 is 0. The number of benzene rings is 3. The SMILES string of the molecule is COc1ccccc1C1NC(Cc2ccc(O)cc2)(C(=O)O)C2C(=O)N(c3ccc(C(C)=O)cc3)C(=O)C12. The first kappa shape index (κ1) is 25.2. The van der Waals surface area contributed by atoms with Crippen molar-refractivity contribution in [3.8, 4) is 11.5 Å². The van der Waals surface area contributed by atoms with Crippen molar-refractivity contribution >= 4 is 29.3 Å². The molecule has 2 amide bonds. The number of Topliss-reactive ketones (excluding diaryl/α,β-unsaturated/α-hetero) is 1. The molecule has 2 aliphatic heterocycles. The minimum absolute atomic E-state index is 0.0228. The first-order chi connectivity index (χ1) is 18.2. The van der Waals surface area contributed by atoms with E-state index in [9.17, 15) is 29.4 Å². The molecule has 2 heterocycles. The number of hydrogen-bond acceptors (Lipinski definition) is 7. The zero-order valence-corrected chi connectivity index (χ0v) is 20.8. The molecule has 3 aromatic carbocycles. The molecule has 4 atom stereocenters. The van der Waals surface area contributed by atoms with E-state index in [4.69, 9.17) is 4.74 Å². The number of methoxy groups -OCH3 is 1. The molecular formula is C29H26N2O7. The maximum atomic E-state index is 14.0. The van der Waals surface area contributed by atoms with Gasteiger partial charge in [-0.1, -0.05) is 30.3 Å². The number of para-hydroxylation sites is 1. The lowest BCUT2D eigenvalue weighted by molar-refractivity contribution is -0.148. The minimum Gasteiger partial charge on any atom is -0.508 e. The number of fused-ring (bicyclic) bond motifs is 1. The Hall–Kier alpha value is -4.50. The van der Waals surface area contributed by atoms with E-state index in [2.05, 4.69) is 5.32 Å². The van der Waals surface area contributed by atoms with Crippen LogP contribution in [0.25, 0.3) is 0 Å². The van der Waals surface area contributed by atoms with Gasteiger partial charge in [0, 0.05) is 23.6 Å². The summed E-state index contributed by atoms with van der Waals surface area (Å²) in [5.41, 5.74) is -0.000131. The number of phenolic OH excluding ortho intramolecular Hbond substituents is 1. The van der Waals surface area contributed by atoms with Crippen LogP contribution in [0.1, 0.15) is 34.5 Å². The van der Waals surface area contributed by atoms with E-state index in [-0.39, 0.29) is 23.6 Å². The van der Waals surface area contributed by atoms with Crippen LogP contribution in [0.2, 0.25) is 0 Å². The molecule has 5 rings (SSSR count). The largest absolute Gasteiger partial charge is 0.508 e. The Kier molecular flexibility index (Phi) is 6.24. The summed E-state index contributed by atoms with van der Waals surface area (Å²) in [6, 6.07) is 18.3. The molecule has 2 saturated heterocycles. The average molecular weight is 515 g/mol. The number of imide groups is 1. The monoisotopic (exact) mass is 514 g/mol. The zero-order chi connectivity index (χ0) is 27.2. The van der Waals surface area contributed by atoms with Crippen molar-refractivity contribution in [3.63, 3.8) is 0 Å². The maximum absolute atomic E-state index is 14.0. The highest BCUT2D eigenvalue weighted by atomic mass is 16.5. The summed E-state index contributed by atoms with van der Waals surface area (Å²) < 4.78 is 5.52. The molecule has 0 saturated carbocycles. The summed E-state index contributed by atoms with van der Waals surface area (Å²) in [5, 5.41) is 23.5. The van der Waals surface area contributed by atoms with E-state index in [1.807, 2.05) is 0 Å². The fourth-order valence-corrected chi connectivity index (χ4v) is 5.66. The molecule has 38 heavy (non-hydrogen) atoms. The Morgan fingerprint density at radius 3 is 2.24 bits per heavy atom. The van der Waals surface area contributed by atoms with Crippen LogP contribution in [-0.4, -0.2) is 46.4 Å². The number of anilines is 1. The van der Waals surface area contributed by atoms with Crippen LogP contribution in [0.3, 0.4) is 0 Å². The average Bonchev–Trinajstić information content (AvgIpc) is 3.39. The van der Waals surface area contributed by atoms with Gasteiger partial charge < -0.3 is 14.9 Å². The standard InChI is InChI=1S/C29H26N2O7/c1-16(32)18-9-11-19(12-10-18)31-26(34)23-24(27(31)35)29(28(36)37,15-17-7-13-20(33)14-8-17)30-25(23)21-5-3-4-6-22(21)38-2/h3-14,23-25,30,33H,15H2,1-2H3,(H,36,37). The number of amides is 2. The fraction of sp³-hybridized carbons (Fsp3) is 0.241. The zero-order valence-electron chi connectivity index (χ0n) is 20.8. The molecule has 2 aliphatic rings. The molecule has 9 heteroatoms. The third-order valence-electron chi connectivity index (χ3n) is 7.46. The Bertz CT molecular complexity index is 1430. The number of carbonyl (C=O) groups is 4. The van der Waals surface area contributed by atoms with Crippen molar-refractivity contribution in [3.05, 3.63) is 89.5 Å². The van der Waals surface area contributed by atoms with Gasteiger partial charge in [-0.3, -0.25) is 24.5 Å². The van der Waals surface area contributed by atoms with Crippen molar-refractivity contribution in [1.29, 1.82) is 0 Å². The van der Waals surface area contributed by atoms with E-state index >= 15 is 0 Å². The van der Waals surface area contributed by atoms with Crippen LogP contribution < -0.4 is 15.0 Å². The van der Waals surface area contributed by atoms with Crippen molar-refractivity contribution in [1.82, 2.24) is 5.32 Å². The molecular weight excluding hydrogens is 488 g/mol. The number of aliphatic carboxylic acids is 1. The first-order valence-corrected chi connectivity index (χ1v) is 12.1. The van der Waals surface area contributed by atoms with Gasteiger partial charge in [-0.15, -0.1) is 0 Å². The van der Waals surface area contributed by atoms with Crippen molar-refractivity contribution in [2.75, 3.05) is 12.0 Å². The van der Waals surface area contributed by atoms with Crippen LogP contribution in [0.15, 0.2) is 72.8 Å². The van der Waals surface area contributed by atoms with Crippen LogP contribution in [0.5, 0.6) is 11.5 Å². The van der Waals surface area contributed by atoms with Gasteiger partial charge in [-0.05, 0) is 55.0 Å². The molecule has 0 radical (unpaired) electrons. The molecule has 194 valence electrons. The van der Waals surface area contributed by atoms with Gasteiger partial charge >= 0.3 is 5.97 Å². The number of carbonyl (C=O) groups excluding carboxylic acids is 3. The predicted molar refractivity (Wildman–Crippen MR) is 137 cm³/mol. The second kappa shape index (κ2) is 9.42. The molecule has 9 nitrogen and oxygen atoms in total. The Labute approximate surface area is 218 Å². The number of hydrogen-bond donors (Lipinski definition) is 3. The number of rotatable bonds is 7. The van der Waals surface area contributed by atoms with E-state index in [1.165, 1.54) is 50.4 Å². The van der Waals surface area contributed by atoms with Crippen LogP contribution in [-0.2, 0) is 20.8 Å². The molecule has 2 fully saturated rings. The summed E-state index contributed by atoms with van der Waals surface area (Å²) in [4.78, 5) is 53.7. The second-order valence-electron chi connectivity index (χ2n) is 9.60. The number of aromatic hydroxyl groups is 1. The normalized spacial score (nSPS) is 24.4. The molecule has 0 aliphatic carbocycles. The van der Waals surface area contributed by atoms with Crippen molar-refractivity contribution < 1.29 is 34.1 Å². The number of phenols is 1. The second-order valence-corrected chi connectivity index (χ2v) is 9.60. The Morgan fingerprint density at radius 2 is 1.63 bits per heavy atom. The predicted octanol–water partition coefficient (Wildman–Crippen LogP) is 3.12. The van der Waals surface area contributed by atoms with Crippen molar-refractivity contribution in [2.24, 2.45) is 11.8 Å². The van der Waals surface area contributed by atoms with Gasteiger partial charge in [-0.25, -0.2) is 4.90 Å². The number of carboxylic acid groups (broad SMARTS) is 1. The number of carboxylic acids is 1. The Morgan fingerprint density at radius 1 is 0.974 bits per heavy atom. The molecule has 0 spiro atoms. The third kappa shape index (κ3) is 3.92. The summed E-state index contributed by atoms with van der Waals surface area (Å²) in [5.74, 6) is -4.38.